The Balaban J connectivity index is 2.82. The number of methoxy groups -OCH3 is 1. The third kappa shape index (κ3) is 5.07. The molecule has 0 aromatic carbocycles. The molecular weight excluding hydrogens is 110 g/mol. The van der Waals surface area contributed by atoms with Crippen LogP contribution in [0.5, 0.6) is 0 Å². The summed E-state index contributed by atoms with van der Waals surface area (Å²) in [5, 5.41) is 2.81. The minimum absolute atomic E-state index is 0.306. The maximum Gasteiger partial charge on any atom is 0.120 e. The van der Waals surface area contributed by atoms with Crippen molar-refractivity contribution in [2.75, 3.05) is 20.3 Å². The molecule has 0 spiro atoms. The highest BCUT2D eigenvalue weighted by Gasteiger charge is 1.77. The Hall–Kier alpha value is -0.930. The van der Waals surface area contributed by atoms with Crippen molar-refractivity contribution in [1.29, 1.82) is 0 Å². The van der Waals surface area contributed by atoms with Gasteiger partial charge in [-0.15, -0.1) is 0 Å². The van der Waals surface area contributed by atoms with Gasteiger partial charge in [-0.2, -0.15) is 0 Å². The van der Waals surface area contributed by atoms with Crippen LogP contribution in [0, 0.1) is 0 Å². The van der Waals surface area contributed by atoms with Crippen molar-refractivity contribution in [2.45, 2.75) is 0 Å². The summed E-state index contributed by atoms with van der Waals surface area (Å²) in [7, 11) is 1.54. The Morgan fingerprint density at radius 2 is 2.38 bits per heavy atom. The van der Waals surface area contributed by atoms with Gasteiger partial charge in [0, 0.05) is 12.0 Å². The lowest BCUT2D eigenvalue weighted by Gasteiger charge is -1.93. The third-order valence-corrected chi connectivity index (χ3v) is 0.473. The van der Waals surface area contributed by atoms with Crippen molar-refractivity contribution in [2.24, 2.45) is 5.28 Å². The standard InChI is InChI=1S/C3H7N3O2/c1-7-2-3-8-6-5-4/h2-3H2,1H3. The number of hydrogen-bond donors (Lipinski definition) is 0. The summed E-state index contributed by atoms with van der Waals surface area (Å²) in [6, 6.07) is 0. The first kappa shape index (κ1) is 7.07. The maximum absolute atomic E-state index is 7.66. The average molecular weight is 117 g/mol. The molecule has 5 heteroatoms. The fraction of sp³-hybridized carbons (Fsp3) is 1.00. The molecule has 8 heavy (non-hydrogen) atoms. The summed E-state index contributed by atoms with van der Waals surface area (Å²) in [5.41, 5.74) is 7.66. The molecule has 0 atom stereocenters. The van der Waals surface area contributed by atoms with E-state index >= 15 is 0 Å². The van der Waals surface area contributed by atoms with E-state index in [1.807, 2.05) is 0 Å². The largest absolute Gasteiger partial charge is 0.431 e. The average Bonchev–Trinajstić information content (AvgIpc) is 1.81. The summed E-state index contributed by atoms with van der Waals surface area (Å²) >= 11 is 0. The van der Waals surface area contributed by atoms with Gasteiger partial charge in [0.1, 0.15) is 11.9 Å². The van der Waals surface area contributed by atoms with Crippen molar-refractivity contribution in [3.63, 3.8) is 0 Å². The Morgan fingerprint density at radius 1 is 1.62 bits per heavy atom. The monoisotopic (exact) mass is 117 g/mol. The van der Waals surface area contributed by atoms with Gasteiger partial charge in [-0.05, 0) is 5.53 Å². The van der Waals surface area contributed by atoms with E-state index in [1.165, 1.54) is 0 Å². The van der Waals surface area contributed by atoms with Crippen LogP contribution in [0.4, 0.5) is 0 Å². The van der Waals surface area contributed by atoms with Crippen molar-refractivity contribution < 1.29 is 9.57 Å². The number of hydrogen-bond acceptors (Lipinski definition) is 3. The Bertz CT molecular complexity index is 88.5. The van der Waals surface area contributed by atoms with Crippen LogP contribution in [0.1, 0.15) is 0 Å². The predicted molar refractivity (Wildman–Crippen MR) is 27.0 cm³/mol. The van der Waals surface area contributed by atoms with Gasteiger partial charge >= 0.3 is 0 Å². The van der Waals surface area contributed by atoms with E-state index in [0.29, 0.717) is 13.2 Å². The molecule has 0 saturated carbocycles. The van der Waals surface area contributed by atoms with Gasteiger partial charge in [-0.1, -0.05) is 0 Å². The molecule has 0 N–H and O–H groups in total. The summed E-state index contributed by atoms with van der Waals surface area (Å²) < 4.78 is 4.58. The first-order valence-corrected chi connectivity index (χ1v) is 2.07. The lowest BCUT2D eigenvalue weighted by Crippen LogP contribution is -1.95. The molecular formula is C3H7N3O2. The van der Waals surface area contributed by atoms with Crippen LogP contribution in [0.25, 0.3) is 10.4 Å². The van der Waals surface area contributed by atoms with Crippen LogP contribution in [0.3, 0.4) is 0 Å². The van der Waals surface area contributed by atoms with E-state index in [2.05, 4.69) is 19.8 Å². The molecule has 0 aliphatic rings. The van der Waals surface area contributed by atoms with Crippen molar-refractivity contribution in [1.82, 2.24) is 0 Å². The molecule has 0 aromatic rings. The molecule has 0 rings (SSSR count). The molecule has 0 aliphatic carbocycles. The van der Waals surface area contributed by atoms with Gasteiger partial charge in [-0.3, -0.25) is 0 Å². The molecule has 0 unspecified atom stereocenters. The fourth-order valence-electron chi connectivity index (χ4n) is 0.187. The van der Waals surface area contributed by atoms with Crippen LogP contribution in [-0.2, 0) is 9.57 Å². The molecule has 0 aliphatic heterocycles. The van der Waals surface area contributed by atoms with Crippen LogP contribution >= 0.6 is 0 Å². The van der Waals surface area contributed by atoms with Crippen LogP contribution in [0.2, 0.25) is 0 Å². The SMILES string of the molecule is COCCON=[N+]=[N-]. The van der Waals surface area contributed by atoms with Gasteiger partial charge in [0.2, 0.25) is 0 Å². The van der Waals surface area contributed by atoms with Gasteiger partial charge in [0.15, 0.2) is 0 Å². The molecule has 0 amide bonds. The first-order chi connectivity index (χ1) is 3.91. The summed E-state index contributed by atoms with van der Waals surface area (Å²) in [6.45, 7) is 0.750. The van der Waals surface area contributed by atoms with Crippen molar-refractivity contribution >= 4 is 0 Å². The van der Waals surface area contributed by atoms with E-state index in [4.69, 9.17) is 5.53 Å². The molecule has 0 aromatic heterocycles. The zero-order valence-electron chi connectivity index (χ0n) is 4.57. The van der Waals surface area contributed by atoms with Gasteiger partial charge < -0.3 is 9.57 Å². The highest BCUT2D eigenvalue weighted by atomic mass is 16.6. The maximum atomic E-state index is 7.66. The van der Waals surface area contributed by atoms with Gasteiger partial charge in [-0.25, -0.2) is 0 Å². The second-order valence-electron chi connectivity index (χ2n) is 0.997. The number of nitrogens with zero attached hydrogens (tertiary/aromatic N) is 3. The molecule has 46 valence electrons. The quantitative estimate of drug-likeness (QED) is 0.180. The molecule has 0 bridgehead atoms. The Morgan fingerprint density at radius 3 is 2.88 bits per heavy atom. The highest BCUT2D eigenvalue weighted by Crippen LogP contribution is 1.75. The minimum Gasteiger partial charge on any atom is -0.431 e. The predicted octanol–water partition coefficient (Wildman–Crippen LogP) is 0.875. The molecule has 0 saturated heterocycles. The topological polar surface area (TPSA) is 67.2 Å². The minimum atomic E-state index is 0.306. The van der Waals surface area contributed by atoms with Crippen LogP contribution < -0.4 is 0 Å². The second-order valence-corrected chi connectivity index (χ2v) is 0.997. The Labute approximate surface area is 46.8 Å². The van der Waals surface area contributed by atoms with E-state index in [1.54, 1.807) is 7.11 Å². The number of ether oxygens (including phenoxy) is 1. The van der Waals surface area contributed by atoms with E-state index in [0.717, 1.165) is 0 Å². The summed E-state index contributed by atoms with van der Waals surface area (Å²) in [4.78, 5) is 6.66. The second kappa shape index (κ2) is 6.07. The van der Waals surface area contributed by atoms with E-state index in [9.17, 15) is 0 Å². The van der Waals surface area contributed by atoms with Crippen LogP contribution in [0.15, 0.2) is 5.28 Å². The molecule has 0 radical (unpaired) electrons. The molecule has 5 nitrogen and oxygen atoms in total. The number of rotatable bonds is 4. The van der Waals surface area contributed by atoms with Crippen molar-refractivity contribution in [3.05, 3.63) is 10.4 Å². The molecule has 0 heterocycles. The van der Waals surface area contributed by atoms with E-state index < -0.39 is 0 Å². The van der Waals surface area contributed by atoms with Gasteiger partial charge in [0.25, 0.3) is 0 Å². The van der Waals surface area contributed by atoms with Crippen LogP contribution in [-0.4, -0.2) is 20.3 Å². The summed E-state index contributed by atoms with van der Waals surface area (Å²) in [6.07, 6.45) is 0. The number of azide groups is 1. The summed E-state index contributed by atoms with van der Waals surface area (Å²) in [5.74, 6) is 0. The van der Waals surface area contributed by atoms with E-state index in [-0.39, 0.29) is 0 Å². The smallest absolute Gasteiger partial charge is 0.120 e. The zero-order chi connectivity index (χ0) is 6.24. The normalized spacial score (nSPS) is 7.62. The Kier molecular flexibility index (Phi) is 5.36. The molecule has 0 fully saturated rings. The lowest BCUT2D eigenvalue weighted by molar-refractivity contribution is 0.0718. The highest BCUT2D eigenvalue weighted by molar-refractivity contribution is 4.29. The lowest BCUT2D eigenvalue weighted by atomic mass is 10.8. The van der Waals surface area contributed by atoms with Crippen molar-refractivity contribution in [3.8, 4) is 0 Å². The third-order valence-electron chi connectivity index (χ3n) is 0.473. The fourth-order valence-corrected chi connectivity index (χ4v) is 0.187. The van der Waals surface area contributed by atoms with Gasteiger partial charge in [0.05, 0.1) is 6.61 Å². The first-order valence-electron chi connectivity index (χ1n) is 2.07. The zero-order valence-corrected chi connectivity index (χ0v) is 4.57.